The molecule has 0 aromatic heterocycles. The van der Waals surface area contributed by atoms with Gasteiger partial charge in [-0.2, -0.15) is 0 Å². The van der Waals surface area contributed by atoms with Crippen LogP contribution in [0.4, 0.5) is 0 Å². The van der Waals surface area contributed by atoms with Gasteiger partial charge >= 0.3 is 5.97 Å². The van der Waals surface area contributed by atoms with Crippen molar-refractivity contribution in [1.29, 1.82) is 0 Å². The number of aromatic carboxylic acids is 1. The SMILES string of the molecule is C=C1CCS(=O)(=O)c2c1ccc(C(=O)O)c2C. The van der Waals surface area contributed by atoms with Crippen molar-refractivity contribution in [3.8, 4) is 0 Å². The topological polar surface area (TPSA) is 71.4 Å². The smallest absolute Gasteiger partial charge is 0.335 e. The Labute approximate surface area is 99.5 Å². The van der Waals surface area contributed by atoms with Crippen molar-refractivity contribution in [2.24, 2.45) is 0 Å². The predicted molar refractivity (Wildman–Crippen MR) is 63.8 cm³/mol. The molecule has 0 atom stereocenters. The summed E-state index contributed by atoms with van der Waals surface area (Å²) in [5.74, 6) is -1.11. The Morgan fingerprint density at radius 2 is 2.06 bits per heavy atom. The van der Waals surface area contributed by atoms with E-state index in [0.29, 0.717) is 17.5 Å². The fourth-order valence-corrected chi connectivity index (χ4v) is 3.94. The zero-order valence-corrected chi connectivity index (χ0v) is 10.2. The first-order chi connectivity index (χ1) is 7.84. The fourth-order valence-electron chi connectivity index (χ4n) is 2.10. The Bertz CT molecular complexity index is 626. The van der Waals surface area contributed by atoms with Crippen LogP contribution in [0.25, 0.3) is 5.57 Å². The van der Waals surface area contributed by atoms with E-state index >= 15 is 0 Å². The molecule has 4 nitrogen and oxygen atoms in total. The molecule has 0 saturated heterocycles. The van der Waals surface area contributed by atoms with Gasteiger partial charge in [-0.15, -0.1) is 0 Å². The summed E-state index contributed by atoms with van der Waals surface area (Å²) >= 11 is 0. The highest BCUT2D eigenvalue weighted by Gasteiger charge is 2.29. The molecular weight excluding hydrogens is 240 g/mol. The van der Waals surface area contributed by atoms with Gasteiger partial charge in [0.1, 0.15) is 0 Å². The lowest BCUT2D eigenvalue weighted by molar-refractivity contribution is 0.0696. The Hall–Kier alpha value is -1.62. The molecule has 0 aliphatic carbocycles. The fraction of sp³-hybridized carbons (Fsp3) is 0.250. The summed E-state index contributed by atoms with van der Waals surface area (Å²) in [5, 5.41) is 8.99. The quantitative estimate of drug-likeness (QED) is 0.828. The summed E-state index contributed by atoms with van der Waals surface area (Å²) in [6.07, 6.45) is 0.404. The van der Waals surface area contributed by atoms with Crippen molar-refractivity contribution in [3.05, 3.63) is 35.4 Å². The minimum atomic E-state index is -3.39. The van der Waals surface area contributed by atoms with Gasteiger partial charge in [-0.25, -0.2) is 13.2 Å². The van der Waals surface area contributed by atoms with Crippen LogP contribution in [-0.2, 0) is 9.84 Å². The summed E-state index contributed by atoms with van der Waals surface area (Å²) < 4.78 is 24.0. The van der Waals surface area contributed by atoms with Gasteiger partial charge in [0.2, 0.25) is 0 Å². The van der Waals surface area contributed by atoms with Crippen molar-refractivity contribution < 1.29 is 18.3 Å². The van der Waals surface area contributed by atoms with E-state index in [1.54, 1.807) is 0 Å². The standard InChI is InChI=1S/C12H12O4S/c1-7-5-6-17(15,16)11-8(2)10(12(13)14)4-3-9(7)11/h3-4H,1,5-6H2,2H3,(H,13,14). The third-order valence-corrected chi connectivity index (χ3v) is 4.89. The van der Waals surface area contributed by atoms with Gasteiger partial charge in [0.15, 0.2) is 9.84 Å². The molecule has 1 aromatic carbocycles. The Balaban J connectivity index is 2.85. The molecule has 0 bridgehead atoms. The van der Waals surface area contributed by atoms with E-state index in [1.807, 2.05) is 0 Å². The van der Waals surface area contributed by atoms with Crippen molar-refractivity contribution in [1.82, 2.24) is 0 Å². The Kier molecular flexibility index (Phi) is 2.58. The molecular formula is C12H12O4S. The molecule has 1 aromatic rings. The molecule has 1 aliphatic rings. The van der Waals surface area contributed by atoms with Crippen molar-refractivity contribution >= 4 is 21.4 Å². The minimum absolute atomic E-state index is 0.00272. The summed E-state index contributed by atoms with van der Waals surface area (Å²) in [4.78, 5) is 11.1. The van der Waals surface area contributed by atoms with Gasteiger partial charge in [0.25, 0.3) is 0 Å². The Morgan fingerprint density at radius 1 is 1.41 bits per heavy atom. The lowest BCUT2D eigenvalue weighted by atomic mass is 9.99. The maximum Gasteiger partial charge on any atom is 0.335 e. The highest BCUT2D eigenvalue weighted by Crippen LogP contribution is 2.35. The molecule has 0 saturated carbocycles. The lowest BCUT2D eigenvalue weighted by Gasteiger charge is -2.21. The molecule has 0 radical (unpaired) electrons. The van der Waals surface area contributed by atoms with Crippen molar-refractivity contribution in [2.75, 3.05) is 5.75 Å². The molecule has 90 valence electrons. The number of hydrogen-bond donors (Lipinski definition) is 1. The molecule has 5 heteroatoms. The van der Waals surface area contributed by atoms with Gasteiger partial charge in [0, 0.05) is 0 Å². The number of rotatable bonds is 1. The summed E-state index contributed by atoms with van der Waals surface area (Å²) in [6, 6.07) is 2.97. The average molecular weight is 252 g/mol. The molecule has 17 heavy (non-hydrogen) atoms. The normalized spacial score (nSPS) is 17.6. The van der Waals surface area contributed by atoms with Gasteiger partial charge in [-0.1, -0.05) is 12.6 Å². The van der Waals surface area contributed by atoms with Gasteiger partial charge < -0.3 is 5.11 Å². The van der Waals surface area contributed by atoms with E-state index in [4.69, 9.17) is 5.11 Å². The number of carbonyl (C=O) groups is 1. The van der Waals surface area contributed by atoms with E-state index < -0.39 is 15.8 Å². The number of sulfone groups is 1. The van der Waals surface area contributed by atoms with Crippen LogP contribution in [0.2, 0.25) is 0 Å². The Morgan fingerprint density at radius 3 is 2.65 bits per heavy atom. The zero-order chi connectivity index (χ0) is 12.8. The number of fused-ring (bicyclic) bond motifs is 1. The number of carboxylic acids is 1. The third-order valence-electron chi connectivity index (χ3n) is 3.00. The van der Waals surface area contributed by atoms with E-state index in [2.05, 4.69) is 6.58 Å². The van der Waals surface area contributed by atoms with Gasteiger partial charge in [-0.3, -0.25) is 0 Å². The molecule has 1 aliphatic heterocycles. The number of hydrogen-bond acceptors (Lipinski definition) is 3. The monoisotopic (exact) mass is 252 g/mol. The largest absolute Gasteiger partial charge is 0.478 e. The summed E-state index contributed by atoms with van der Waals surface area (Å²) in [5.41, 5.74) is 1.63. The van der Waals surface area contributed by atoms with Crippen LogP contribution in [0.5, 0.6) is 0 Å². The van der Waals surface area contributed by atoms with Crippen molar-refractivity contribution in [2.45, 2.75) is 18.2 Å². The van der Waals surface area contributed by atoms with E-state index in [0.717, 1.165) is 5.57 Å². The first-order valence-corrected chi connectivity index (χ1v) is 6.77. The van der Waals surface area contributed by atoms with Crippen LogP contribution in [0, 0.1) is 6.92 Å². The summed E-state index contributed by atoms with van der Waals surface area (Å²) in [7, 11) is -3.39. The minimum Gasteiger partial charge on any atom is -0.478 e. The average Bonchev–Trinajstić information content (AvgIpc) is 2.23. The highest BCUT2D eigenvalue weighted by atomic mass is 32.2. The highest BCUT2D eigenvalue weighted by molar-refractivity contribution is 7.91. The van der Waals surface area contributed by atoms with Crippen LogP contribution in [0.15, 0.2) is 23.6 Å². The molecule has 2 rings (SSSR count). The molecule has 0 unspecified atom stereocenters. The van der Waals surface area contributed by atoms with E-state index in [9.17, 15) is 13.2 Å². The number of allylic oxidation sites excluding steroid dienone is 1. The van der Waals surface area contributed by atoms with Crippen LogP contribution >= 0.6 is 0 Å². The van der Waals surface area contributed by atoms with Crippen LogP contribution in [-0.4, -0.2) is 25.2 Å². The first kappa shape index (κ1) is 11.9. The van der Waals surface area contributed by atoms with Gasteiger partial charge in [-0.05, 0) is 36.1 Å². The first-order valence-electron chi connectivity index (χ1n) is 5.12. The molecule has 0 fully saturated rings. The second-order valence-electron chi connectivity index (χ2n) is 4.09. The molecule has 1 N–H and O–H groups in total. The third kappa shape index (κ3) is 1.76. The molecule has 0 amide bonds. The number of benzene rings is 1. The van der Waals surface area contributed by atoms with Crippen LogP contribution in [0.3, 0.4) is 0 Å². The number of carboxylic acid groups (broad SMARTS) is 1. The van der Waals surface area contributed by atoms with Crippen LogP contribution in [0.1, 0.15) is 27.9 Å². The van der Waals surface area contributed by atoms with E-state index in [1.165, 1.54) is 19.1 Å². The maximum atomic E-state index is 12.0. The second kappa shape index (κ2) is 3.70. The summed E-state index contributed by atoms with van der Waals surface area (Å²) in [6.45, 7) is 5.35. The zero-order valence-electron chi connectivity index (χ0n) is 9.36. The maximum absolute atomic E-state index is 12.0. The van der Waals surface area contributed by atoms with Crippen LogP contribution < -0.4 is 0 Å². The predicted octanol–water partition coefficient (Wildman–Crippen LogP) is 1.88. The lowest BCUT2D eigenvalue weighted by Crippen LogP contribution is -2.18. The molecule has 1 heterocycles. The molecule has 0 spiro atoms. The van der Waals surface area contributed by atoms with Crippen molar-refractivity contribution in [3.63, 3.8) is 0 Å². The van der Waals surface area contributed by atoms with E-state index in [-0.39, 0.29) is 16.2 Å². The second-order valence-corrected chi connectivity index (χ2v) is 6.14. The van der Waals surface area contributed by atoms with Gasteiger partial charge in [0.05, 0.1) is 16.2 Å².